The van der Waals surface area contributed by atoms with Crippen LogP contribution in [-0.2, 0) is 22.6 Å². The van der Waals surface area contributed by atoms with Gasteiger partial charge in [-0.3, -0.25) is 9.69 Å². The molecule has 0 saturated carbocycles. The third-order valence-electron chi connectivity index (χ3n) is 5.77. The van der Waals surface area contributed by atoms with Crippen LogP contribution in [0.1, 0.15) is 34.7 Å². The number of aromatic nitrogens is 2. The number of benzene rings is 1. The minimum atomic E-state index is -0.147. The standard InChI is InChI=1S/C23H27N5O2S/c1-15-16(2)28(12-17-7-6-10-30-17)23(18(15)11-24)26-21(29)13-27(3)14-22-25-19-8-4-5-9-20(19)31-22/h4-5,8-9,17H,6-7,10,12-14H2,1-3H3,(H,26,29)/t17-/m1/s1. The molecule has 1 atom stereocenters. The summed E-state index contributed by atoms with van der Waals surface area (Å²) in [7, 11) is 1.90. The molecule has 4 rings (SSSR count). The fourth-order valence-corrected chi connectivity index (χ4v) is 5.09. The van der Waals surface area contributed by atoms with Crippen molar-refractivity contribution in [3.63, 3.8) is 0 Å². The molecule has 7 nitrogen and oxygen atoms in total. The highest BCUT2D eigenvalue weighted by molar-refractivity contribution is 7.18. The largest absolute Gasteiger partial charge is 0.376 e. The lowest BCUT2D eigenvalue weighted by Gasteiger charge is -2.18. The lowest BCUT2D eigenvalue weighted by molar-refractivity contribution is -0.117. The number of hydrogen-bond acceptors (Lipinski definition) is 6. The lowest BCUT2D eigenvalue weighted by Crippen LogP contribution is -2.31. The van der Waals surface area contributed by atoms with Crippen LogP contribution >= 0.6 is 11.3 Å². The molecular formula is C23H27N5O2S. The number of thiazole rings is 1. The van der Waals surface area contributed by atoms with Gasteiger partial charge in [-0.2, -0.15) is 5.26 Å². The predicted molar refractivity (Wildman–Crippen MR) is 122 cm³/mol. The monoisotopic (exact) mass is 437 g/mol. The molecule has 3 heterocycles. The van der Waals surface area contributed by atoms with Crippen molar-refractivity contribution < 1.29 is 9.53 Å². The minimum Gasteiger partial charge on any atom is -0.376 e. The number of nitrogens with zero attached hydrogens (tertiary/aromatic N) is 4. The van der Waals surface area contributed by atoms with Gasteiger partial charge in [0.05, 0.1) is 41.5 Å². The number of hydrogen-bond donors (Lipinski definition) is 1. The number of amides is 1. The van der Waals surface area contributed by atoms with E-state index in [-0.39, 0.29) is 18.6 Å². The molecule has 0 spiro atoms. The summed E-state index contributed by atoms with van der Waals surface area (Å²) in [6, 6.07) is 10.3. The molecule has 31 heavy (non-hydrogen) atoms. The van der Waals surface area contributed by atoms with Gasteiger partial charge in [0.25, 0.3) is 0 Å². The first-order chi connectivity index (χ1) is 15.0. The molecule has 0 radical (unpaired) electrons. The van der Waals surface area contributed by atoms with Gasteiger partial charge < -0.3 is 14.6 Å². The van der Waals surface area contributed by atoms with E-state index < -0.39 is 0 Å². The summed E-state index contributed by atoms with van der Waals surface area (Å²) in [6.45, 7) is 6.13. The quantitative estimate of drug-likeness (QED) is 0.607. The van der Waals surface area contributed by atoms with E-state index in [9.17, 15) is 10.1 Å². The van der Waals surface area contributed by atoms with Crippen LogP contribution < -0.4 is 5.32 Å². The maximum absolute atomic E-state index is 12.8. The minimum absolute atomic E-state index is 0.120. The molecule has 8 heteroatoms. The van der Waals surface area contributed by atoms with Gasteiger partial charge in [0, 0.05) is 12.3 Å². The molecule has 1 amide bonds. The predicted octanol–water partition coefficient (Wildman–Crippen LogP) is 3.84. The third kappa shape index (κ3) is 4.64. The number of nitrogens with one attached hydrogen (secondary N) is 1. The Balaban J connectivity index is 1.45. The van der Waals surface area contributed by atoms with E-state index in [2.05, 4.69) is 22.4 Å². The van der Waals surface area contributed by atoms with Crippen LogP contribution in [0.3, 0.4) is 0 Å². The first-order valence-corrected chi connectivity index (χ1v) is 11.3. The Morgan fingerprint density at radius 3 is 2.94 bits per heavy atom. The first kappa shape index (κ1) is 21.5. The van der Waals surface area contributed by atoms with Gasteiger partial charge in [-0.1, -0.05) is 12.1 Å². The summed E-state index contributed by atoms with van der Waals surface area (Å²) in [5, 5.41) is 13.7. The van der Waals surface area contributed by atoms with Crippen LogP contribution in [0.4, 0.5) is 5.82 Å². The summed E-state index contributed by atoms with van der Waals surface area (Å²) < 4.78 is 8.95. The highest BCUT2D eigenvalue weighted by Gasteiger charge is 2.24. The van der Waals surface area contributed by atoms with Gasteiger partial charge >= 0.3 is 0 Å². The average Bonchev–Trinajstić information content (AvgIpc) is 3.44. The SMILES string of the molecule is Cc1c(C#N)c(NC(=O)CN(C)Cc2nc3ccccc3s2)n(C[C@H]2CCCO2)c1C. The van der Waals surface area contributed by atoms with Gasteiger partial charge in [0.15, 0.2) is 0 Å². The third-order valence-corrected chi connectivity index (χ3v) is 6.79. The van der Waals surface area contributed by atoms with Gasteiger partial charge in [0.2, 0.25) is 5.91 Å². The molecular weight excluding hydrogens is 410 g/mol. The number of carbonyl (C=O) groups excluding carboxylic acids is 1. The van der Waals surface area contributed by atoms with Gasteiger partial charge in [-0.25, -0.2) is 4.98 Å². The Morgan fingerprint density at radius 1 is 1.42 bits per heavy atom. The topological polar surface area (TPSA) is 83.2 Å². The van der Waals surface area contributed by atoms with Crippen LogP contribution in [0.2, 0.25) is 0 Å². The maximum atomic E-state index is 12.8. The van der Waals surface area contributed by atoms with Crippen molar-refractivity contribution in [3.05, 3.63) is 46.1 Å². The van der Waals surface area contributed by atoms with Crippen molar-refractivity contribution in [2.45, 2.75) is 45.9 Å². The Kier molecular flexibility index (Phi) is 6.37. The van der Waals surface area contributed by atoms with Crippen LogP contribution in [-0.4, -0.2) is 46.7 Å². The van der Waals surface area contributed by atoms with Crippen molar-refractivity contribution in [3.8, 4) is 6.07 Å². The second-order valence-corrected chi connectivity index (χ2v) is 9.20. The Morgan fingerprint density at radius 2 is 2.23 bits per heavy atom. The van der Waals surface area contributed by atoms with E-state index in [4.69, 9.17) is 4.74 Å². The van der Waals surface area contributed by atoms with Crippen LogP contribution in [0.5, 0.6) is 0 Å². The van der Waals surface area contributed by atoms with Crippen molar-refractivity contribution in [2.75, 3.05) is 25.5 Å². The zero-order valence-electron chi connectivity index (χ0n) is 18.1. The molecule has 1 saturated heterocycles. The van der Waals surface area contributed by atoms with Crippen LogP contribution in [0.15, 0.2) is 24.3 Å². The molecule has 162 valence electrons. The number of para-hydroxylation sites is 1. The highest BCUT2D eigenvalue weighted by atomic mass is 32.1. The molecule has 0 aliphatic carbocycles. The number of carbonyl (C=O) groups is 1. The number of ether oxygens (including phenoxy) is 1. The lowest BCUT2D eigenvalue weighted by atomic mass is 10.2. The number of rotatable bonds is 7. The summed E-state index contributed by atoms with van der Waals surface area (Å²) in [5.74, 6) is 0.428. The molecule has 1 aliphatic heterocycles. The molecule has 0 bridgehead atoms. The molecule has 1 N–H and O–H groups in total. The Bertz CT molecular complexity index is 1100. The Hall–Kier alpha value is -2.73. The average molecular weight is 438 g/mol. The van der Waals surface area contributed by atoms with E-state index in [1.807, 2.05) is 48.6 Å². The van der Waals surface area contributed by atoms with Gasteiger partial charge in [-0.15, -0.1) is 11.3 Å². The number of likely N-dealkylation sites (N-methyl/N-ethyl adjacent to an activating group) is 1. The molecule has 1 fully saturated rings. The van der Waals surface area contributed by atoms with E-state index >= 15 is 0 Å². The zero-order valence-corrected chi connectivity index (χ0v) is 19.0. The van der Waals surface area contributed by atoms with Crippen molar-refractivity contribution in [1.29, 1.82) is 5.26 Å². The van der Waals surface area contributed by atoms with Crippen molar-refractivity contribution >= 4 is 33.3 Å². The molecule has 3 aromatic rings. The number of nitriles is 1. The van der Waals surface area contributed by atoms with E-state index in [0.717, 1.165) is 45.9 Å². The first-order valence-electron chi connectivity index (χ1n) is 10.5. The summed E-state index contributed by atoms with van der Waals surface area (Å²) in [5.41, 5.74) is 3.40. The van der Waals surface area contributed by atoms with Gasteiger partial charge in [0.1, 0.15) is 16.9 Å². The van der Waals surface area contributed by atoms with Crippen molar-refractivity contribution in [1.82, 2.24) is 14.5 Å². The smallest absolute Gasteiger partial charge is 0.239 e. The summed E-state index contributed by atoms with van der Waals surface area (Å²) in [4.78, 5) is 19.4. The second kappa shape index (κ2) is 9.18. The maximum Gasteiger partial charge on any atom is 0.239 e. The molecule has 1 aliphatic rings. The fourth-order valence-electron chi connectivity index (χ4n) is 4.04. The van der Waals surface area contributed by atoms with Crippen molar-refractivity contribution in [2.24, 2.45) is 0 Å². The number of anilines is 1. The second-order valence-electron chi connectivity index (χ2n) is 8.09. The number of fused-ring (bicyclic) bond motifs is 1. The normalized spacial score (nSPS) is 16.2. The molecule has 0 unspecified atom stereocenters. The molecule has 1 aromatic carbocycles. The Labute approximate surface area is 186 Å². The van der Waals surface area contributed by atoms with Gasteiger partial charge in [-0.05, 0) is 51.4 Å². The summed E-state index contributed by atoms with van der Waals surface area (Å²) >= 11 is 1.64. The fraction of sp³-hybridized carbons (Fsp3) is 0.435. The highest BCUT2D eigenvalue weighted by Crippen LogP contribution is 2.28. The van der Waals surface area contributed by atoms with Crippen LogP contribution in [0, 0.1) is 25.2 Å². The molecule has 2 aromatic heterocycles. The van der Waals surface area contributed by atoms with E-state index in [0.29, 0.717) is 24.5 Å². The zero-order chi connectivity index (χ0) is 22.0. The van der Waals surface area contributed by atoms with E-state index in [1.165, 1.54) is 0 Å². The summed E-state index contributed by atoms with van der Waals surface area (Å²) in [6.07, 6.45) is 2.17. The van der Waals surface area contributed by atoms with E-state index in [1.54, 1.807) is 11.3 Å². The van der Waals surface area contributed by atoms with Crippen LogP contribution in [0.25, 0.3) is 10.2 Å².